The van der Waals surface area contributed by atoms with E-state index in [-0.39, 0.29) is 11.9 Å². The standard InChI is InChI=1S/C18H26FNO3/c1-18(2,3)23-17(21)20-10-8-13(9-11-20)12-14-15(19)6-5-7-16(14)22-4/h5-7,13H,8-12H2,1-4H3. The molecule has 0 aliphatic carbocycles. The minimum Gasteiger partial charge on any atom is -0.496 e. The molecular formula is C18H26FNO3. The number of carbonyl (C=O) groups excluding carboxylic acids is 1. The quantitative estimate of drug-likeness (QED) is 0.843. The summed E-state index contributed by atoms with van der Waals surface area (Å²) in [5, 5.41) is 0. The summed E-state index contributed by atoms with van der Waals surface area (Å²) in [6.45, 7) is 6.89. The van der Waals surface area contributed by atoms with Crippen molar-refractivity contribution in [3.8, 4) is 5.75 Å². The minimum atomic E-state index is -0.478. The van der Waals surface area contributed by atoms with Crippen molar-refractivity contribution in [2.45, 2.75) is 45.6 Å². The molecule has 0 N–H and O–H groups in total. The summed E-state index contributed by atoms with van der Waals surface area (Å²) in [6.07, 6.45) is 2.06. The number of amides is 1. The summed E-state index contributed by atoms with van der Waals surface area (Å²) in [6, 6.07) is 4.91. The first-order valence-corrected chi connectivity index (χ1v) is 8.09. The lowest BCUT2D eigenvalue weighted by molar-refractivity contribution is 0.0183. The molecule has 0 unspecified atom stereocenters. The van der Waals surface area contributed by atoms with Gasteiger partial charge in [0.05, 0.1) is 7.11 Å². The van der Waals surface area contributed by atoms with E-state index in [4.69, 9.17) is 9.47 Å². The Morgan fingerprint density at radius 2 is 1.96 bits per heavy atom. The smallest absolute Gasteiger partial charge is 0.410 e. The van der Waals surface area contributed by atoms with E-state index in [2.05, 4.69) is 0 Å². The Labute approximate surface area is 137 Å². The van der Waals surface area contributed by atoms with Crippen LogP contribution in [0.15, 0.2) is 18.2 Å². The first-order valence-electron chi connectivity index (χ1n) is 8.09. The topological polar surface area (TPSA) is 38.8 Å². The number of rotatable bonds is 3. The first-order chi connectivity index (χ1) is 10.8. The van der Waals surface area contributed by atoms with E-state index in [0.29, 0.717) is 36.7 Å². The highest BCUT2D eigenvalue weighted by Gasteiger charge is 2.27. The molecule has 1 aromatic rings. The normalized spacial score (nSPS) is 16.3. The van der Waals surface area contributed by atoms with Gasteiger partial charge in [-0.05, 0) is 58.1 Å². The van der Waals surface area contributed by atoms with Gasteiger partial charge in [-0.2, -0.15) is 0 Å². The largest absolute Gasteiger partial charge is 0.496 e. The number of nitrogens with zero attached hydrogens (tertiary/aromatic N) is 1. The predicted molar refractivity (Wildman–Crippen MR) is 87.2 cm³/mol. The van der Waals surface area contributed by atoms with Gasteiger partial charge in [0.25, 0.3) is 0 Å². The van der Waals surface area contributed by atoms with Crippen LogP contribution in [0.5, 0.6) is 5.75 Å². The van der Waals surface area contributed by atoms with Crippen LogP contribution in [0.1, 0.15) is 39.2 Å². The Morgan fingerprint density at radius 3 is 2.52 bits per heavy atom. The van der Waals surface area contributed by atoms with Gasteiger partial charge in [-0.1, -0.05) is 6.07 Å². The number of benzene rings is 1. The molecule has 0 bridgehead atoms. The fourth-order valence-electron chi connectivity index (χ4n) is 2.86. The maximum absolute atomic E-state index is 14.0. The highest BCUT2D eigenvalue weighted by molar-refractivity contribution is 5.68. The minimum absolute atomic E-state index is 0.223. The molecule has 0 atom stereocenters. The van der Waals surface area contributed by atoms with Gasteiger partial charge in [0, 0.05) is 18.7 Å². The summed E-state index contributed by atoms with van der Waals surface area (Å²) >= 11 is 0. The molecule has 1 aliphatic heterocycles. The van der Waals surface area contributed by atoms with Crippen molar-refractivity contribution < 1.29 is 18.7 Å². The zero-order valence-electron chi connectivity index (χ0n) is 14.4. The molecule has 128 valence electrons. The molecule has 0 radical (unpaired) electrons. The Balaban J connectivity index is 1.92. The molecule has 4 nitrogen and oxygen atoms in total. The van der Waals surface area contributed by atoms with Gasteiger partial charge >= 0.3 is 6.09 Å². The van der Waals surface area contributed by atoms with E-state index in [9.17, 15) is 9.18 Å². The molecule has 5 heteroatoms. The van der Waals surface area contributed by atoms with Crippen molar-refractivity contribution in [2.24, 2.45) is 5.92 Å². The van der Waals surface area contributed by atoms with E-state index >= 15 is 0 Å². The predicted octanol–water partition coefficient (Wildman–Crippen LogP) is 4.02. The van der Waals surface area contributed by atoms with Crippen LogP contribution >= 0.6 is 0 Å². The highest BCUT2D eigenvalue weighted by Crippen LogP contribution is 2.29. The second kappa shape index (κ2) is 7.20. The van der Waals surface area contributed by atoms with Crippen LogP contribution in [0.2, 0.25) is 0 Å². The maximum atomic E-state index is 14.0. The molecule has 1 aromatic carbocycles. The van der Waals surface area contributed by atoms with Gasteiger partial charge in [-0.15, -0.1) is 0 Å². The average molecular weight is 323 g/mol. The number of piperidine rings is 1. The lowest BCUT2D eigenvalue weighted by Crippen LogP contribution is -2.42. The second-order valence-corrected chi connectivity index (χ2v) is 7.04. The van der Waals surface area contributed by atoms with Gasteiger partial charge in [-0.25, -0.2) is 9.18 Å². The van der Waals surface area contributed by atoms with Crippen LogP contribution in [0.25, 0.3) is 0 Å². The summed E-state index contributed by atoms with van der Waals surface area (Å²) in [7, 11) is 1.56. The number of carbonyl (C=O) groups is 1. The highest BCUT2D eigenvalue weighted by atomic mass is 19.1. The number of ether oxygens (including phenoxy) is 2. The van der Waals surface area contributed by atoms with Crippen LogP contribution in [-0.2, 0) is 11.2 Å². The summed E-state index contributed by atoms with van der Waals surface area (Å²) in [4.78, 5) is 13.8. The zero-order valence-corrected chi connectivity index (χ0v) is 14.4. The van der Waals surface area contributed by atoms with Crippen LogP contribution in [0.4, 0.5) is 9.18 Å². The van der Waals surface area contributed by atoms with Crippen molar-refractivity contribution in [3.05, 3.63) is 29.6 Å². The SMILES string of the molecule is COc1cccc(F)c1CC1CCN(C(=O)OC(C)(C)C)CC1. The molecule has 0 spiro atoms. The molecule has 2 rings (SSSR count). The lowest BCUT2D eigenvalue weighted by Gasteiger charge is -2.33. The Morgan fingerprint density at radius 1 is 1.30 bits per heavy atom. The third-order valence-corrected chi connectivity index (χ3v) is 4.05. The number of hydrogen-bond acceptors (Lipinski definition) is 3. The number of halogens is 1. The summed E-state index contributed by atoms with van der Waals surface area (Å²) < 4.78 is 24.7. The molecule has 1 amide bonds. The number of methoxy groups -OCH3 is 1. The van der Waals surface area contributed by atoms with Gasteiger partial charge < -0.3 is 14.4 Å². The van der Waals surface area contributed by atoms with Gasteiger partial charge in [0.15, 0.2) is 0 Å². The van der Waals surface area contributed by atoms with Gasteiger partial charge in [0.1, 0.15) is 17.2 Å². The van der Waals surface area contributed by atoms with Crippen molar-refractivity contribution >= 4 is 6.09 Å². The van der Waals surface area contributed by atoms with Crippen molar-refractivity contribution in [3.63, 3.8) is 0 Å². The Hall–Kier alpha value is -1.78. The van der Waals surface area contributed by atoms with Crippen LogP contribution in [-0.4, -0.2) is 36.8 Å². The summed E-state index contributed by atoms with van der Waals surface area (Å²) in [5.74, 6) is 0.720. The molecule has 0 saturated carbocycles. The number of likely N-dealkylation sites (tertiary alicyclic amines) is 1. The number of hydrogen-bond donors (Lipinski definition) is 0. The van der Waals surface area contributed by atoms with Crippen LogP contribution in [0.3, 0.4) is 0 Å². The van der Waals surface area contributed by atoms with Gasteiger partial charge in [0.2, 0.25) is 0 Å². The van der Waals surface area contributed by atoms with Crippen molar-refractivity contribution in [1.82, 2.24) is 4.90 Å². The molecule has 1 aliphatic rings. The molecule has 0 aromatic heterocycles. The second-order valence-electron chi connectivity index (χ2n) is 7.04. The van der Waals surface area contributed by atoms with E-state index < -0.39 is 5.60 Å². The van der Waals surface area contributed by atoms with Crippen molar-refractivity contribution in [2.75, 3.05) is 20.2 Å². The van der Waals surface area contributed by atoms with E-state index in [1.54, 1.807) is 24.1 Å². The monoisotopic (exact) mass is 323 g/mol. The van der Waals surface area contributed by atoms with E-state index in [0.717, 1.165) is 12.8 Å². The summed E-state index contributed by atoms with van der Waals surface area (Å²) in [5.41, 5.74) is 0.153. The van der Waals surface area contributed by atoms with Gasteiger partial charge in [-0.3, -0.25) is 0 Å². The Kier molecular flexibility index (Phi) is 5.50. The van der Waals surface area contributed by atoms with E-state index in [1.165, 1.54) is 6.07 Å². The first kappa shape index (κ1) is 17.6. The van der Waals surface area contributed by atoms with E-state index in [1.807, 2.05) is 20.8 Å². The average Bonchev–Trinajstić information content (AvgIpc) is 2.48. The fraction of sp³-hybridized carbons (Fsp3) is 0.611. The fourth-order valence-corrected chi connectivity index (χ4v) is 2.86. The molecular weight excluding hydrogens is 297 g/mol. The molecule has 1 fully saturated rings. The molecule has 23 heavy (non-hydrogen) atoms. The maximum Gasteiger partial charge on any atom is 0.410 e. The van der Waals surface area contributed by atoms with Crippen LogP contribution < -0.4 is 4.74 Å². The zero-order chi connectivity index (χ0) is 17.0. The van der Waals surface area contributed by atoms with Crippen molar-refractivity contribution in [1.29, 1.82) is 0 Å². The third kappa shape index (κ3) is 4.85. The molecule has 1 heterocycles. The van der Waals surface area contributed by atoms with Crippen LogP contribution in [0, 0.1) is 11.7 Å². The Bertz CT molecular complexity index is 546. The lowest BCUT2D eigenvalue weighted by atomic mass is 9.89. The molecule has 1 saturated heterocycles. The third-order valence-electron chi connectivity index (χ3n) is 4.05.